The summed E-state index contributed by atoms with van der Waals surface area (Å²) in [7, 11) is 1.40. The van der Waals surface area contributed by atoms with E-state index in [1.807, 2.05) is 33.8 Å². The topological polar surface area (TPSA) is 57.5 Å². The fourth-order valence-electron chi connectivity index (χ4n) is 3.00. The van der Waals surface area contributed by atoms with Crippen molar-refractivity contribution in [1.29, 1.82) is 0 Å². The Morgan fingerprint density at radius 3 is 2.59 bits per heavy atom. The molecule has 0 N–H and O–H groups in total. The molecule has 1 heterocycles. The van der Waals surface area contributed by atoms with Crippen LogP contribution in [0.5, 0.6) is 0 Å². The third kappa shape index (κ3) is 3.18. The zero-order valence-electron chi connectivity index (χ0n) is 14.1. The van der Waals surface area contributed by atoms with Crippen molar-refractivity contribution in [2.75, 3.05) is 7.11 Å². The molecule has 2 rings (SSSR count). The van der Waals surface area contributed by atoms with Crippen molar-refractivity contribution in [1.82, 2.24) is 4.57 Å². The predicted octanol–water partition coefficient (Wildman–Crippen LogP) is 3.43. The fourth-order valence-corrected chi connectivity index (χ4v) is 3.00. The summed E-state index contributed by atoms with van der Waals surface area (Å²) in [5.74, 6) is -0.507. The number of methoxy groups -OCH3 is 1. The minimum Gasteiger partial charge on any atom is -0.469 e. The van der Waals surface area contributed by atoms with Gasteiger partial charge in [-0.05, 0) is 58.1 Å². The molecule has 0 bridgehead atoms. The average Bonchev–Trinajstić information content (AvgIpc) is 2.82. The molecular weight excluding hydrogens is 282 g/mol. The molecule has 1 aliphatic carbocycles. The lowest BCUT2D eigenvalue weighted by molar-refractivity contribution is -0.142. The zero-order valence-corrected chi connectivity index (χ0v) is 14.1. The van der Waals surface area contributed by atoms with Crippen LogP contribution in [0.4, 0.5) is 4.79 Å². The van der Waals surface area contributed by atoms with Crippen molar-refractivity contribution in [3.05, 3.63) is 23.0 Å². The lowest BCUT2D eigenvalue weighted by atomic mass is 9.87. The number of rotatable bonds is 2. The molecule has 1 aromatic rings. The maximum absolute atomic E-state index is 12.5. The van der Waals surface area contributed by atoms with E-state index >= 15 is 0 Å². The Labute approximate surface area is 131 Å². The predicted molar refractivity (Wildman–Crippen MR) is 83.1 cm³/mol. The van der Waals surface area contributed by atoms with E-state index in [2.05, 4.69) is 0 Å². The Morgan fingerprint density at radius 2 is 2.05 bits per heavy atom. The van der Waals surface area contributed by atoms with Crippen molar-refractivity contribution in [2.24, 2.45) is 0 Å². The average molecular weight is 307 g/mol. The minimum absolute atomic E-state index is 0.232. The third-order valence-electron chi connectivity index (χ3n) is 3.92. The number of ether oxygens (including phenoxy) is 2. The quantitative estimate of drug-likeness (QED) is 0.786. The van der Waals surface area contributed by atoms with Crippen LogP contribution in [0.2, 0.25) is 0 Å². The number of carbonyl (C=O) groups is 2. The van der Waals surface area contributed by atoms with Crippen LogP contribution in [0.25, 0.3) is 0 Å². The van der Waals surface area contributed by atoms with Crippen LogP contribution in [-0.4, -0.2) is 29.3 Å². The van der Waals surface area contributed by atoms with Gasteiger partial charge >= 0.3 is 12.1 Å². The van der Waals surface area contributed by atoms with Crippen LogP contribution < -0.4 is 0 Å². The molecule has 0 spiro atoms. The molecule has 0 saturated carbocycles. The fraction of sp³-hybridized carbons (Fsp3) is 0.647. The van der Waals surface area contributed by atoms with Crippen LogP contribution in [-0.2, 0) is 27.1 Å². The van der Waals surface area contributed by atoms with E-state index in [0.717, 1.165) is 36.2 Å². The number of hydrogen-bond acceptors (Lipinski definition) is 4. The van der Waals surface area contributed by atoms with E-state index in [1.54, 1.807) is 4.57 Å². The van der Waals surface area contributed by atoms with Crippen LogP contribution in [0, 0.1) is 0 Å². The smallest absolute Gasteiger partial charge is 0.418 e. The molecule has 0 radical (unpaired) electrons. The SMILES string of the molecule is CCc1cc2c(n1C(=O)OC(C)(C)C)CCCC2C(=O)OC. The van der Waals surface area contributed by atoms with Crippen LogP contribution in [0.3, 0.4) is 0 Å². The van der Waals surface area contributed by atoms with Crippen molar-refractivity contribution >= 4 is 12.1 Å². The number of fused-ring (bicyclic) bond motifs is 1. The van der Waals surface area contributed by atoms with Gasteiger partial charge in [-0.3, -0.25) is 9.36 Å². The molecule has 0 fully saturated rings. The molecule has 0 amide bonds. The first kappa shape index (κ1) is 16.6. The highest BCUT2D eigenvalue weighted by atomic mass is 16.6. The van der Waals surface area contributed by atoms with Gasteiger partial charge in [0.05, 0.1) is 13.0 Å². The first-order valence-corrected chi connectivity index (χ1v) is 7.83. The zero-order chi connectivity index (χ0) is 16.5. The van der Waals surface area contributed by atoms with Gasteiger partial charge in [0, 0.05) is 11.4 Å². The summed E-state index contributed by atoms with van der Waals surface area (Å²) in [6.45, 7) is 7.55. The van der Waals surface area contributed by atoms with Crippen LogP contribution in [0.1, 0.15) is 63.4 Å². The Bertz CT molecular complexity index is 580. The Morgan fingerprint density at radius 1 is 1.36 bits per heavy atom. The number of nitrogens with zero attached hydrogens (tertiary/aromatic N) is 1. The maximum Gasteiger partial charge on any atom is 0.418 e. The van der Waals surface area contributed by atoms with E-state index in [4.69, 9.17) is 9.47 Å². The van der Waals surface area contributed by atoms with Gasteiger partial charge in [-0.1, -0.05) is 6.92 Å². The van der Waals surface area contributed by atoms with Gasteiger partial charge < -0.3 is 9.47 Å². The van der Waals surface area contributed by atoms with Gasteiger partial charge in [0.15, 0.2) is 0 Å². The Hall–Kier alpha value is -1.78. The van der Waals surface area contributed by atoms with E-state index in [-0.39, 0.29) is 18.0 Å². The van der Waals surface area contributed by atoms with Gasteiger partial charge in [-0.15, -0.1) is 0 Å². The van der Waals surface area contributed by atoms with E-state index in [0.29, 0.717) is 6.42 Å². The Kier molecular flexibility index (Phi) is 4.63. The van der Waals surface area contributed by atoms with Crippen LogP contribution >= 0.6 is 0 Å². The number of aromatic nitrogens is 1. The first-order valence-electron chi connectivity index (χ1n) is 7.83. The molecule has 1 atom stereocenters. The highest BCUT2D eigenvalue weighted by Crippen LogP contribution is 2.35. The molecule has 1 unspecified atom stereocenters. The van der Waals surface area contributed by atoms with Gasteiger partial charge in [0.1, 0.15) is 5.60 Å². The van der Waals surface area contributed by atoms with E-state index in [9.17, 15) is 9.59 Å². The summed E-state index contributed by atoms with van der Waals surface area (Å²) in [6, 6.07) is 1.96. The standard InChI is InChI=1S/C17H25NO4/c1-6-11-10-13-12(15(19)21-5)8-7-9-14(13)18(11)16(20)22-17(2,3)4/h10,12H,6-9H2,1-5H3. The molecule has 122 valence electrons. The number of hydrogen-bond donors (Lipinski definition) is 0. The second-order valence-electron chi connectivity index (χ2n) is 6.67. The molecule has 22 heavy (non-hydrogen) atoms. The largest absolute Gasteiger partial charge is 0.469 e. The molecule has 0 aliphatic heterocycles. The van der Waals surface area contributed by atoms with Crippen molar-refractivity contribution in [3.8, 4) is 0 Å². The first-order chi connectivity index (χ1) is 10.3. The van der Waals surface area contributed by atoms with E-state index < -0.39 is 5.60 Å². The van der Waals surface area contributed by atoms with Crippen molar-refractivity contribution in [3.63, 3.8) is 0 Å². The summed E-state index contributed by atoms with van der Waals surface area (Å²) < 4.78 is 12.1. The number of carbonyl (C=O) groups excluding carboxylic acids is 2. The highest BCUT2D eigenvalue weighted by Gasteiger charge is 2.33. The lowest BCUT2D eigenvalue weighted by Crippen LogP contribution is -2.30. The van der Waals surface area contributed by atoms with Crippen molar-refractivity contribution < 1.29 is 19.1 Å². The summed E-state index contributed by atoms with van der Waals surface area (Å²) in [5, 5.41) is 0. The molecular formula is C17H25NO4. The van der Waals surface area contributed by atoms with Gasteiger partial charge in [0.25, 0.3) is 0 Å². The number of aryl methyl sites for hydroxylation is 1. The Balaban J connectivity index is 2.45. The minimum atomic E-state index is -0.546. The second-order valence-corrected chi connectivity index (χ2v) is 6.67. The summed E-state index contributed by atoms with van der Waals surface area (Å²) >= 11 is 0. The van der Waals surface area contributed by atoms with Gasteiger partial charge in [-0.2, -0.15) is 0 Å². The number of esters is 1. The molecule has 1 aromatic heterocycles. The van der Waals surface area contributed by atoms with E-state index in [1.165, 1.54) is 7.11 Å². The summed E-state index contributed by atoms with van der Waals surface area (Å²) in [5.41, 5.74) is 2.15. The second kappa shape index (κ2) is 6.15. The molecule has 5 heteroatoms. The maximum atomic E-state index is 12.5. The van der Waals surface area contributed by atoms with Crippen molar-refractivity contribution in [2.45, 2.75) is 64.9 Å². The summed E-state index contributed by atoms with van der Waals surface area (Å²) in [6.07, 6.45) is 2.75. The highest BCUT2D eigenvalue weighted by molar-refractivity contribution is 5.81. The molecule has 0 saturated heterocycles. The normalized spacial score (nSPS) is 17.8. The third-order valence-corrected chi connectivity index (χ3v) is 3.92. The van der Waals surface area contributed by atoms with Gasteiger partial charge in [0.2, 0.25) is 0 Å². The summed E-state index contributed by atoms with van der Waals surface area (Å²) in [4.78, 5) is 24.5. The molecule has 0 aromatic carbocycles. The van der Waals surface area contributed by atoms with Crippen LogP contribution in [0.15, 0.2) is 6.07 Å². The van der Waals surface area contributed by atoms with Gasteiger partial charge in [-0.25, -0.2) is 4.79 Å². The molecule has 1 aliphatic rings. The lowest BCUT2D eigenvalue weighted by Gasteiger charge is -2.24. The molecule has 5 nitrogen and oxygen atoms in total. The monoisotopic (exact) mass is 307 g/mol.